The lowest BCUT2D eigenvalue weighted by atomic mass is 9.93. The van der Waals surface area contributed by atoms with Gasteiger partial charge < -0.3 is 10.4 Å². The highest BCUT2D eigenvalue weighted by atomic mass is 16.4. The second-order valence-electron chi connectivity index (χ2n) is 12.4. The summed E-state index contributed by atoms with van der Waals surface area (Å²) in [6, 6.07) is 6.74. The van der Waals surface area contributed by atoms with Gasteiger partial charge in [0.1, 0.15) is 0 Å². The van der Waals surface area contributed by atoms with Crippen molar-refractivity contribution < 1.29 is 14.7 Å². The summed E-state index contributed by atoms with van der Waals surface area (Å²) in [6.45, 7) is 4.53. The first-order chi connectivity index (χ1) is 20.1. The van der Waals surface area contributed by atoms with E-state index in [0.29, 0.717) is 5.69 Å². The number of benzene rings is 1. The molecule has 0 radical (unpaired) electrons. The number of carbonyl (C=O) groups is 2. The number of para-hydroxylation sites is 1. The molecule has 1 rings (SSSR count). The molecule has 4 heteroatoms. The molecule has 1 aromatic rings. The third-order valence-corrected chi connectivity index (χ3v) is 8.60. The zero-order valence-electron chi connectivity index (χ0n) is 27.0. The van der Waals surface area contributed by atoms with Crippen molar-refractivity contribution in [3.8, 4) is 0 Å². The van der Waals surface area contributed by atoms with E-state index in [1.165, 1.54) is 141 Å². The van der Waals surface area contributed by atoms with E-state index < -0.39 is 5.97 Å². The highest BCUT2D eigenvalue weighted by Gasteiger charge is 2.20. The molecule has 41 heavy (non-hydrogen) atoms. The minimum absolute atomic E-state index is 0.0115. The number of aromatic carboxylic acids is 1. The van der Waals surface area contributed by atoms with Gasteiger partial charge in [-0.2, -0.15) is 0 Å². The standard InChI is InChI=1S/C37H65NO3/c1-3-5-7-9-11-13-14-15-16-17-18-19-20-22-24-26-30-33(29-25-23-21-12-10-8-6-4-2)36(39)38-35-32-28-27-31-34(35)37(40)41/h27-28,31-33H,3-26,29-30H2,1-2H3,(H,38,39)(H,40,41). The fourth-order valence-corrected chi connectivity index (χ4v) is 5.88. The second-order valence-corrected chi connectivity index (χ2v) is 12.4. The van der Waals surface area contributed by atoms with Crippen LogP contribution in [0.4, 0.5) is 5.69 Å². The number of anilines is 1. The maximum absolute atomic E-state index is 13.2. The van der Waals surface area contributed by atoms with Gasteiger partial charge in [-0.3, -0.25) is 4.79 Å². The summed E-state index contributed by atoms with van der Waals surface area (Å²) in [5.41, 5.74) is 0.576. The Kier molecular flexibility index (Phi) is 24.5. The van der Waals surface area contributed by atoms with Crippen molar-refractivity contribution in [3.63, 3.8) is 0 Å². The Balaban J connectivity index is 2.27. The van der Waals surface area contributed by atoms with Crippen molar-refractivity contribution in [1.82, 2.24) is 0 Å². The van der Waals surface area contributed by atoms with Gasteiger partial charge in [-0.05, 0) is 25.0 Å². The predicted molar refractivity (Wildman–Crippen MR) is 177 cm³/mol. The molecule has 0 bridgehead atoms. The molecule has 0 aromatic heterocycles. The first-order valence-corrected chi connectivity index (χ1v) is 17.7. The number of amides is 1. The smallest absolute Gasteiger partial charge is 0.337 e. The van der Waals surface area contributed by atoms with E-state index in [2.05, 4.69) is 19.2 Å². The van der Waals surface area contributed by atoms with E-state index in [4.69, 9.17) is 0 Å². The van der Waals surface area contributed by atoms with Gasteiger partial charge >= 0.3 is 5.97 Å². The van der Waals surface area contributed by atoms with Crippen LogP contribution in [0.2, 0.25) is 0 Å². The summed E-state index contributed by atoms with van der Waals surface area (Å²) < 4.78 is 0. The monoisotopic (exact) mass is 571 g/mol. The third kappa shape index (κ3) is 20.6. The average molecular weight is 572 g/mol. The van der Waals surface area contributed by atoms with E-state index in [9.17, 15) is 14.7 Å². The molecule has 0 heterocycles. The second kappa shape index (κ2) is 27.0. The van der Waals surface area contributed by atoms with Crippen LogP contribution in [0.1, 0.15) is 191 Å². The molecule has 2 N–H and O–H groups in total. The molecule has 0 aliphatic carbocycles. The van der Waals surface area contributed by atoms with E-state index >= 15 is 0 Å². The number of carboxylic acids is 1. The Hall–Kier alpha value is -1.84. The van der Waals surface area contributed by atoms with Crippen LogP contribution in [-0.2, 0) is 4.79 Å². The Morgan fingerprint density at radius 1 is 0.561 bits per heavy atom. The third-order valence-electron chi connectivity index (χ3n) is 8.60. The van der Waals surface area contributed by atoms with E-state index in [1.54, 1.807) is 24.3 Å². The lowest BCUT2D eigenvalue weighted by molar-refractivity contribution is -0.120. The zero-order valence-corrected chi connectivity index (χ0v) is 27.0. The van der Waals surface area contributed by atoms with E-state index in [0.717, 1.165) is 25.7 Å². The van der Waals surface area contributed by atoms with Crippen LogP contribution in [0.5, 0.6) is 0 Å². The molecule has 0 saturated heterocycles. The highest BCUT2D eigenvalue weighted by Crippen LogP contribution is 2.23. The Bertz CT molecular complexity index is 762. The molecule has 236 valence electrons. The van der Waals surface area contributed by atoms with Crippen LogP contribution in [0.15, 0.2) is 24.3 Å². The molecule has 1 aromatic carbocycles. The minimum atomic E-state index is -1.00. The molecule has 0 aliphatic heterocycles. The van der Waals surface area contributed by atoms with E-state index in [-0.39, 0.29) is 17.4 Å². The molecule has 4 nitrogen and oxygen atoms in total. The van der Waals surface area contributed by atoms with Gasteiger partial charge in [0.2, 0.25) is 5.91 Å². The van der Waals surface area contributed by atoms with Gasteiger partial charge in [0.25, 0.3) is 0 Å². The minimum Gasteiger partial charge on any atom is -0.478 e. The van der Waals surface area contributed by atoms with Gasteiger partial charge in [-0.15, -0.1) is 0 Å². The Labute approximate surface area is 253 Å². The van der Waals surface area contributed by atoms with Crippen molar-refractivity contribution in [2.45, 2.75) is 181 Å². The van der Waals surface area contributed by atoms with Crippen molar-refractivity contribution in [3.05, 3.63) is 29.8 Å². The Morgan fingerprint density at radius 2 is 0.902 bits per heavy atom. The van der Waals surface area contributed by atoms with Gasteiger partial charge in [0.15, 0.2) is 0 Å². The average Bonchev–Trinajstić information content (AvgIpc) is 2.97. The van der Waals surface area contributed by atoms with Gasteiger partial charge in [-0.1, -0.05) is 180 Å². The summed E-state index contributed by atoms with van der Waals surface area (Å²) in [4.78, 5) is 24.8. The molecule has 1 amide bonds. The number of carboxylic acid groups (broad SMARTS) is 1. The van der Waals surface area contributed by atoms with Gasteiger partial charge in [-0.25, -0.2) is 4.79 Å². The van der Waals surface area contributed by atoms with E-state index in [1.807, 2.05) is 0 Å². The summed E-state index contributed by atoms with van der Waals surface area (Å²) in [6.07, 6.45) is 33.4. The van der Waals surface area contributed by atoms with Gasteiger partial charge in [0.05, 0.1) is 11.3 Å². The lowest BCUT2D eigenvalue weighted by Crippen LogP contribution is -2.24. The first-order valence-electron chi connectivity index (χ1n) is 17.7. The molecule has 0 spiro atoms. The van der Waals surface area contributed by atoms with Crippen molar-refractivity contribution in [2.24, 2.45) is 5.92 Å². The van der Waals surface area contributed by atoms with Crippen LogP contribution in [0.25, 0.3) is 0 Å². The normalized spacial score (nSPS) is 12.0. The summed E-state index contributed by atoms with van der Waals surface area (Å²) in [7, 11) is 0. The number of hydrogen-bond acceptors (Lipinski definition) is 2. The first kappa shape index (κ1) is 37.2. The summed E-state index contributed by atoms with van der Waals surface area (Å²) in [5.74, 6) is -1.05. The maximum atomic E-state index is 13.2. The summed E-state index contributed by atoms with van der Waals surface area (Å²) in [5, 5.41) is 12.5. The number of unbranched alkanes of at least 4 members (excludes halogenated alkanes) is 22. The van der Waals surface area contributed by atoms with Gasteiger partial charge in [0, 0.05) is 5.92 Å². The molecule has 1 unspecified atom stereocenters. The molecule has 0 aliphatic rings. The SMILES string of the molecule is CCCCCCCCCCCCCCCCCCC(CCCCCCCCCC)C(=O)Nc1ccccc1C(=O)O. The number of nitrogens with one attached hydrogen (secondary N) is 1. The van der Waals surface area contributed by atoms with Crippen LogP contribution < -0.4 is 5.32 Å². The summed E-state index contributed by atoms with van der Waals surface area (Å²) >= 11 is 0. The Morgan fingerprint density at radius 3 is 1.27 bits per heavy atom. The molecular formula is C37H65NO3. The van der Waals surface area contributed by atoms with Crippen molar-refractivity contribution in [2.75, 3.05) is 5.32 Å². The van der Waals surface area contributed by atoms with Crippen LogP contribution in [-0.4, -0.2) is 17.0 Å². The highest BCUT2D eigenvalue weighted by molar-refractivity contribution is 6.01. The van der Waals surface area contributed by atoms with Crippen LogP contribution in [0, 0.1) is 5.92 Å². The molecule has 1 atom stereocenters. The van der Waals surface area contributed by atoms with Crippen molar-refractivity contribution in [1.29, 1.82) is 0 Å². The maximum Gasteiger partial charge on any atom is 0.337 e. The molecular weight excluding hydrogens is 506 g/mol. The predicted octanol–water partition coefficient (Wildman–Crippen LogP) is 12.1. The quantitative estimate of drug-likeness (QED) is 0.0940. The van der Waals surface area contributed by atoms with Crippen LogP contribution in [0.3, 0.4) is 0 Å². The number of rotatable bonds is 29. The fraction of sp³-hybridized carbons (Fsp3) is 0.784. The zero-order chi connectivity index (χ0) is 29.8. The van der Waals surface area contributed by atoms with Crippen molar-refractivity contribution >= 4 is 17.6 Å². The topological polar surface area (TPSA) is 66.4 Å². The number of hydrogen-bond donors (Lipinski definition) is 2. The molecule has 0 fully saturated rings. The molecule has 0 saturated carbocycles. The van der Waals surface area contributed by atoms with Crippen LogP contribution >= 0.6 is 0 Å². The largest absolute Gasteiger partial charge is 0.478 e. The lowest BCUT2D eigenvalue weighted by Gasteiger charge is -2.18. The number of carbonyl (C=O) groups excluding carboxylic acids is 1. The fourth-order valence-electron chi connectivity index (χ4n) is 5.88.